The number of aliphatic hydroxyl groups is 1. The van der Waals surface area contributed by atoms with E-state index in [4.69, 9.17) is 10.4 Å². The second kappa shape index (κ2) is 6.11. The Bertz CT molecular complexity index is 628. The molecule has 1 fully saturated rings. The van der Waals surface area contributed by atoms with Crippen molar-refractivity contribution in [2.45, 2.75) is 18.6 Å². The fourth-order valence-corrected chi connectivity index (χ4v) is 2.54. The SMILES string of the molecule is N#Cc1ccc(Br)cc1NC(=O)N1C[C@H](O)C[C@H]1C(=O)O. The lowest BCUT2D eigenvalue weighted by molar-refractivity contribution is -0.141. The highest BCUT2D eigenvalue weighted by molar-refractivity contribution is 9.10. The van der Waals surface area contributed by atoms with Crippen LogP contribution in [0.3, 0.4) is 0 Å². The lowest BCUT2D eigenvalue weighted by Crippen LogP contribution is -2.43. The van der Waals surface area contributed by atoms with E-state index in [1.54, 1.807) is 12.1 Å². The zero-order valence-electron chi connectivity index (χ0n) is 10.8. The van der Waals surface area contributed by atoms with Crippen molar-refractivity contribution in [3.63, 3.8) is 0 Å². The average molecular weight is 354 g/mol. The molecular weight excluding hydrogens is 342 g/mol. The Kier molecular flexibility index (Phi) is 4.45. The van der Waals surface area contributed by atoms with Gasteiger partial charge in [-0.2, -0.15) is 5.26 Å². The van der Waals surface area contributed by atoms with Crippen molar-refractivity contribution in [2.24, 2.45) is 0 Å². The Balaban J connectivity index is 2.20. The topological polar surface area (TPSA) is 114 Å². The minimum Gasteiger partial charge on any atom is -0.480 e. The number of nitrogens with one attached hydrogen (secondary N) is 1. The van der Waals surface area contributed by atoms with Crippen LogP contribution < -0.4 is 5.32 Å². The molecule has 0 unspecified atom stereocenters. The lowest BCUT2D eigenvalue weighted by Gasteiger charge is -2.21. The van der Waals surface area contributed by atoms with Gasteiger partial charge in [-0.25, -0.2) is 9.59 Å². The molecule has 0 saturated carbocycles. The van der Waals surface area contributed by atoms with E-state index >= 15 is 0 Å². The maximum absolute atomic E-state index is 12.2. The number of likely N-dealkylation sites (tertiary alicyclic amines) is 1. The van der Waals surface area contributed by atoms with Gasteiger partial charge in [0.1, 0.15) is 12.1 Å². The number of amides is 2. The summed E-state index contributed by atoms with van der Waals surface area (Å²) >= 11 is 3.24. The highest BCUT2D eigenvalue weighted by Crippen LogP contribution is 2.23. The molecule has 2 rings (SSSR count). The second-order valence-electron chi connectivity index (χ2n) is 4.63. The molecule has 0 radical (unpaired) electrons. The molecule has 1 aliphatic rings. The van der Waals surface area contributed by atoms with Crippen molar-refractivity contribution in [1.82, 2.24) is 4.90 Å². The quantitative estimate of drug-likeness (QED) is 0.742. The molecule has 0 spiro atoms. The summed E-state index contributed by atoms with van der Waals surface area (Å²) in [4.78, 5) is 24.3. The molecule has 21 heavy (non-hydrogen) atoms. The summed E-state index contributed by atoms with van der Waals surface area (Å²) < 4.78 is 0.674. The first kappa shape index (κ1) is 15.3. The number of urea groups is 1. The average Bonchev–Trinajstić information content (AvgIpc) is 2.81. The molecule has 0 aromatic heterocycles. The minimum atomic E-state index is -1.17. The molecule has 1 aromatic carbocycles. The Hall–Kier alpha value is -2.11. The maximum Gasteiger partial charge on any atom is 0.326 e. The van der Waals surface area contributed by atoms with Gasteiger partial charge in [0.05, 0.1) is 17.4 Å². The number of anilines is 1. The van der Waals surface area contributed by atoms with Gasteiger partial charge in [0.25, 0.3) is 0 Å². The van der Waals surface area contributed by atoms with Crippen molar-refractivity contribution in [3.05, 3.63) is 28.2 Å². The number of aliphatic hydroxyl groups excluding tert-OH is 1. The number of carboxylic acids is 1. The van der Waals surface area contributed by atoms with Gasteiger partial charge < -0.3 is 20.4 Å². The number of benzene rings is 1. The molecular formula is C13H12BrN3O4. The summed E-state index contributed by atoms with van der Waals surface area (Å²) in [5, 5.41) is 30.1. The molecule has 0 bridgehead atoms. The summed E-state index contributed by atoms with van der Waals surface area (Å²) in [6.45, 7) is -0.0569. The Morgan fingerprint density at radius 1 is 1.48 bits per heavy atom. The molecule has 0 aliphatic carbocycles. The summed E-state index contributed by atoms with van der Waals surface area (Å²) in [5.74, 6) is -1.17. The Morgan fingerprint density at radius 2 is 2.19 bits per heavy atom. The molecule has 8 heteroatoms. The summed E-state index contributed by atoms with van der Waals surface area (Å²) in [5.41, 5.74) is 0.542. The monoisotopic (exact) mass is 353 g/mol. The zero-order valence-corrected chi connectivity index (χ0v) is 12.4. The lowest BCUT2D eigenvalue weighted by atomic mass is 10.2. The van der Waals surface area contributed by atoms with Crippen LogP contribution >= 0.6 is 15.9 Å². The Labute approximate surface area is 128 Å². The number of nitriles is 1. The van der Waals surface area contributed by atoms with E-state index in [0.717, 1.165) is 4.90 Å². The molecule has 110 valence electrons. The van der Waals surface area contributed by atoms with Crippen LogP contribution in [0.4, 0.5) is 10.5 Å². The second-order valence-corrected chi connectivity index (χ2v) is 5.54. The predicted octanol–water partition coefficient (Wildman–Crippen LogP) is 1.37. The van der Waals surface area contributed by atoms with Crippen LogP contribution in [-0.4, -0.2) is 45.8 Å². The van der Waals surface area contributed by atoms with Crippen molar-refractivity contribution in [2.75, 3.05) is 11.9 Å². The van der Waals surface area contributed by atoms with Gasteiger partial charge in [0.2, 0.25) is 0 Å². The number of β-amino-alcohol motifs (C(OH)–C–C–N with tert-alkyl or cyclic N) is 1. The van der Waals surface area contributed by atoms with Crippen molar-refractivity contribution in [1.29, 1.82) is 5.26 Å². The van der Waals surface area contributed by atoms with Gasteiger partial charge in [-0.05, 0) is 18.2 Å². The molecule has 2 atom stereocenters. The Morgan fingerprint density at radius 3 is 2.81 bits per heavy atom. The number of carboxylic acid groups (broad SMARTS) is 1. The first-order valence-electron chi connectivity index (χ1n) is 6.10. The van der Waals surface area contributed by atoms with Crippen LogP contribution in [0.15, 0.2) is 22.7 Å². The number of carbonyl (C=O) groups is 2. The molecule has 2 amide bonds. The third-order valence-electron chi connectivity index (χ3n) is 3.17. The summed E-state index contributed by atoms with van der Waals surface area (Å²) in [6.07, 6.45) is -0.874. The largest absolute Gasteiger partial charge is 0.480 e. The molecule has 1 saturated heterocycles. The fraction of sp³-hybridized carbons (Fsp3) is 0.308. The number of hydrogen-bond donors (Lipinski definition) is 3. The molecule has 1 aliphatic heterocycles. The van der Waals surface area contributed by atoms with E-state index in [1.807, 2.05) is 6.07 Å². The van der Waals surface area contributed by atoms with E-state index in [2.05, 4.69) is 21.2 Å². The van der Waals surface area contributed by atoms with Gasteiger partial charge in [-0.3, -0.25) is 0 Å². The zero-order chi connectivity index (χ0) is 15.6. The number of hydrogen-bond acceptors (Lipinski definition) is 4. The van der Waals surface area contributed by atoms with Gasteiger partial charge in [-0.1, -0.05) is 15.9 Å². The number of rotatable bonds is 2. The van der Waals surface area contributed by atoms with Gasteiger partial charge in [0.15, 0.2) is 0 Å². The molecule has 1 heterocycles. The first-order chi connectivity index (χ1) is 9.92. The highest BCUT2D eigenvalue weighted by Gasteiger charge is 2.39. The van der Waals surface area contributed by atoms with Gasteiger partial charge >= 0.3 is 12.0 Å². The van der Waals surface area contributed by atoms with E-state index in [-0.39, 0.29) is 24.2 Å². The van der Waals surface area contributed by atoms with Crippen LogP contribution in [0, 0.1) is 11.3 Å². The van der Waals surface area contributed by atoms with E-state index in [1.165, 1.54) is 6.07 Å². The van der Waals surface area contributed by atoms with Crippen molar-refractivity contribution in [3.8, 4) is 6.07 Å². The van der Waals surface area contributed by atoms with Crippen LogP contribution in [0.1, 0.15) is 12.0 Å². The normalized spacial score (nSPS) is 20.9. The third kappa shape index (κ3) is 3.32. The van der Waals surface area contributed by atoms with Gasteiger partial charge in [0, 0.05) is 17.4 Å². The smallest absolute Gasteiger partial charge is 0.326 e. The van der Waals surface area contributed by atoms with E-state index in [0.29, 0.717) is 4.47 Å². The van der Waals surface area contributed by atoms with E-state index < -0.39 is 24.1 Å². The minimum absolute atomic E-state index is 0.00759. The highest BCUT2D eigenvalue weighted by atomic mass is 79.9. The standard InChI is InChI=1S/C13H12BrN3O4/c14-8-2-1-7(5-15)10(3-8)16-13(21)17-6-9(18)4-11(17)12(19)20/h1-3,9,11,18H,4,6H2,(H,16,21)(H,19,20)/t9-,11+/m1/s1. The number of aliphatic carboxylic acids is 1. The predicted molar refractivity (Wildman–Crippen MR) is 76.6 cm³/mol. The number of nitrogens with zero attached hydrogens (tertiary/aromatic N) is 2. The maximum atomic E-state index is 12.2. The number of carbonyl (C=O) groups excluding carboxylic acids is 1. The van der Waals surface area contributed by atoms with Crippen LogP contribution in [0.5, 0.6) is 0 Å². The van der Waals surface area contributed by atoms with Crippen molar-refractivity contribution >= 4 is 33.6 Å². The molecule has 3 N–H and O–H groups in total. The first-order valence-corrected chi connectivity index (χ1v) is 6.90. The van der Waals surface area contributed by atoms with Crippen LogP contribution in [0.2, 0.25) is 0 Å². The molecule has 1 aromatic rings. The molecule has 7 nitrogen and oxygen atoms in total. The number of halogens is 1. The fourth-order valence-electron chi connectivity index (χ4n) is 2.18. The van der Waals surface area contributed by atoms with Crippen molar-refractivity contribution < 1.29 is 19.8 Å². The van der Waals surface area contributed by atoms with Crippen LogP contribution in [-0.2, 0) is 4.79 Å². The summed E-state index contributed by atoms with van der Waals surface area (Å²) in [6, 6.07) is 4.96. The van der Waals surface area contributed by atoms with Gasteiger partial charge in [-0.15, -0.1) is 0 Å². The van der Waals surface area contributed by atoms with Crippen LogP contribution in [0.25, 0.3) is 0 Å². The summed E-state index contributed by atoms with van der Waals surface area (Å²) in [7, 11) is 0. The third-order valence-corrected chi connectivity index (χ3v) is 3.66. The van der Waals surface area contributed by atoms with E-state index in [9.17, 15) is 14.7 Å².